The van der Waals surface area contributed by atoms with Crippen LogP contribution in [0.4, 0.5) is 0 Å². The van der Waals surface area contributed by atoms with E-state index in [4.69, 9.17) is 0 Å². The van der Waals surface area contributed by atoms with Crippen LogP contribution in [-0.4, -0.2) is 29.1 Å². The number of nitrogens with zero attached hydrogens (tertiary/aromatic N) is 2. The van der Waals surface area contributed by atoms with Crippen molar-refractivity contribution in [2.75, 3.05) is 13.1 Å². The first-order valence-corrected chi connectivity index (χ1v) is 16.0. The van der Waals surface area contributed by atoms with Crippen molar-refractivity contribution < 1.29 is 0 Å². The van der Waals surface area contributed by atoms with E-state index < -0.39 is 0 Å². The lowest BCUT2D eigenvalue weighted by Gasteiger charge is -2.33. The summed E-state index contributed by atoms with van der Waals surface area (Å²) in [6.07, 6.45) is 39.5. The molecule has 2 nitrogen and oxygen atoms in total. The molecule has 0 fully saturated rings. The topological polar surface area (TPSA) is 6.48 Å². The second-order valence-electron chi connectivity index (χ2n) is 11.1. The zero-order valence-corrected chi connectivity index (χ0v) is 24.0. The number of hydrogen-bond donors (Lipinski definition) is 0. The first-order valence-electron chi connectivity index (χ1n) is 16.0. The molecular weight excluding hydrogens is 412 g/mol. The minimum absolute atomic E-state index is 0.643. The van der Waals surface area contributed by atoms with Crippen LogP contribution in [0.15, 0.2) is 12.4 Å². The van der Waals surface area contributed by atoms with Crippen LogP contribution in [0.2, 0.25) is 0 Å². The third kappa shape index (κ3) is 16.9. The van der Waals surface area contributed by atoms with Gasteiger partial charge in [0.05, 0.1) is 0 Å². The predicted molar refractivity (Wildman–Crippen MR) is 154 cm³/mol. The van der Waals surface area contributed by atoms with Crippen LogP contribution in [-0.2, 0) is 0 Å². The van der Waals surface area contributed by atoms with Crippen LogP contribution in [0.3, 0.4) is 0 Å². The van der Waals surface area contributed by atoms with Crippen LogP contribution in [0, 0.1) is 0 Å². The monoisotopic (exact) mass is 477 g/mol. The standard InChI is InChI=1S/C32H64N2/c1-4-7-10-13-15-16-17-18-20-23-26-29-34-31-30-33(28-25-22-19-14-11-8-5-2)32(34)27-24-21-12-9-6-3/h30-32H,4-29H2,1-3H3. The van der Waals surface area contributed by atoms with Gasteiger partial charge in [0.15, 0.2) is 0 Å². The Labute approximate surface area is 216 Å². The Morgan fingerprint density at radius 2 is 0.676 bits per heavy atom. The van der Waals surface area contributed by atoms with Gasteiger partial charge in [-0.25, -0.2) is 0 Å². The zero-order chi connectivity index (χ0) is 24.5. The molecule has 0 saturated heterocycles. The van der Waals surface area contributed by atoms with E-state index in [1.54, 1.807) is 0 Å². The summed E-state index contributed by atoms with van der Waals surface area (Å²) in [6, 6.07) is 0. The molecule has 0 aromatic rings. The molecule has 1 heterocycles. The van der Waals surface area contributed by atoms with Gasteiger partial charge >= 0.3 is 0 Å². The van der Waals surface area contributed by atoms with Crippen LogP contribution in [0.25, 0.3) is 0 Å². The molecule has 0 saturated carbocycles. The van der Waals surface area contributed by atoms with Gasteiger partial charge in [-0.05, 0) is 25.7 Å². The van der Waals surface area contributed by atoms with E-state index in [9.17, 15) is 0 Å². The fourth-order valence-corrected chi connectivity index (χ4v) is 5.48. The summed E-state index contributed by atoms with van der Waals surface area (Å²) in [5.74, 6) is 0. The fraction of sp³-hybridized carbons (Fsp3) is 0.938. The van der Waals surface area contributed by atoms with E-state index in [0.29, 0.717) is 6.17 Å². The Morgan fingerprint density at radius 1 is 0.382 bits per heavy atom. The zero-order valence-electron chi connectivity index (χ0n) is 24.0. The van der Waals surface area contributed by atoms with Crippen molar-refractivity contribution in [2.45, 2.75) is 181 Å². The Bertz CT molecular complexity index is 433. The van der Waals surface area contributed by atoms with Crippen LogP contribution < -0.4 is 0 Å². The van der Waals surface area contributed by atoms with E-state index in [0.717, 1.165) is 0 Å². The highest BCUT2D eigenvalue weighted by Gasteiger charge is 2.24. The highest BCUT2D eigenvalue weighted by atomic mass is 15.4. The Hall–Kier alpha value is -0.660. The summed E-state index contributed by atoms with van der Waals surface area (Å²) in [5.41, 5.74) is 0. The summed E-state index contributed by atoms with van der Waals surface area (Å²) in [7, 11) is 0. The molecule has 0 bridgehead atoms. The maximum absolute atomic E-state index is 2.69. The highest BCUT2D eigenvalue weighted by molar-refractivity contribution is 4.97. The summed E-state index contributed by atoms with van der Waals surface area (Å²) < 4.78 is 0. The molecule has 1 aliphatic rings. The minimum Gasteiger partial charge on any atom is -0.356 e. The number of rotatable bonds is 26. The lowest BCUT2D eigenvalue weighted by molar-refractivity contribution is 0.135. The maximum atomic E-state index is 2.69. The molecule has 0 aliphatic carbocycles. The number of hydrogen-bond acceptors (Lipinski definition) is 2. The Balaban J connectivity index is 2.20. The molecule has 0 spiro atoms. The molecule has 34 heavy (non-hydrogen) atoms. The number of unbranched alkanes of at least 4 members (excludes halogenated alkanes) is 20. The molecular formula is C32H64N2. The molecule has 0 aromatic carbocycles. The van der Waals surface area contributed by atoms with Gasteiger partial charge in [0.2, 0.25) is 0 Å². The highest BCUT2D eigenvalue weighted by Crippen LogP contribution is 2.24. The van der Waals surface area contributed by atoms with Crippen molar-refractivity contribution in [1.29, 1.82) is 0 Å². The maximum Gasteiger partial charge on any atom is 0.101 e. The molecule has 1 atom stereocenters. The van der Waals surface area contributed by atoms with Crippen molar-refractivity contribution in [3.8, 4) is 0 Å². The molecule has 0 radical (unpaired) electrons. The Morgan fingerprint density at radius 3 is 1.03 bits per heavy atom. The lowest BCUT2D eigenvalue weighted by atomic mass is 10.1. The summed E-state index contributed by atoms with van der Waals surface area (Å²) in [4.78, 5) is 5.37. The van der Waals surface area contributed by atoms with E-state index >= 15 is 0 Å². The molecule has 202 valence electrons. The first-order chi connectivity index (χ1) is 16.8. The van der Waals surface area contributed by atoms with E-state index in [-0.39, 0.29) is 0 Å². The summed E-state index contributed by atoms with van der Waals surface area (Å²) in [6.45, 7) is 9.46. The van der Waals surface area contributed by atoms with E-state index in [1.807, 2.05) is 0 Å². The van der Waals surface area contributed by atoms with Crippen LogP contribution >= 0.6 is 0 Å². The molecule has 1 aliphatic heterocycles. The van der Waals surface area contributed by atoms with E-state index in [2.05, 4.69) is 43.0 Å². The van der Waals surface area contributed by atoms with Crippen molar-refractivity contribution in [2.24, 2.45) is 0 Å². The van der Waals surface area contributed by atoms with Crippen molar-refractivity contribution in [1.82, 2.24) is 9.80 Å². The average Bonchev–Trinajstić information content (AvgIpc) is 3.23. The molecule has 0 amide bonds. The third-order valence-corrected chi connectivity index (χ3v) is 7.82. The van der Waals surface area contributed by atoms with Crippen molar-refractivity contribution >= 4 is 0 Å². The second-order valence-corrected chi connectivity index (χ2v) is 11.1. The molecule has 1 unspecified atom stereocenters. The van der Waals surface area contributed by atoms with Crippen LogP contribution in [0.1, 0.15) is 175 Å². The molecule has 0 N–H and O–H groups in total. The van der Waals surface area contributed by atoms with Gasteiger partial charge in [-0.15, -0.1) is 0 Å². The molecule has 1 rings (SSSR count). The van der Waals surface area contributed by atoms with Gasteiger partial charge in [0.1, 0.15) is 6.17 Å². The Kier molecular flexibility index (Phi) is 22.2. The SMILES string of the molecule is CCCCCCCCCCCCCN1C=CN(CCCCCCCCC)C1CCCCCCC. The van der Waals surface area contributed by atoms with Crippen molar-refractivity contribution in [3.05, 3.63) is 12.4 Å². The molecule has 0 aromatic heterocycles. The van der Waals surface area contributed by atoms with Crippen LogP contribution in [0.5, 0.6) is 0 Å². The fourth-order valence-electron chi connectivity index (χ4n) is 5.48. The first kappa shape index (κ1) is 31.4. The van der Waals surface area contributed by atoms with Crippen molar-refractivity contribution in [3.63, 3.8) is 0 Å². The largest absolute Gasteiger partial charge is 0.356 e. The smallest absolute Gasteiger partial charge is 0.101 e. The van der Waals surface area contributed by atoms with Gasteiger partial charge in [0, 0.05) is 25.5 Å². The van der Waals surface area contributed by atoms with Gasteiger partial charge < -0.3 is 9.80 Å². The lowest BCUT2D eigenvalue weighted by Crippen LogP contribution is -2.39. The van der Waals surface area contributed by atoms with Gasteiger partial charge in [-0.1, -0.05) is 149 Å². The minimum atomic E-state index is 0.643. The van der Waals surface area contributed by atoms with E-state index in [1.165, 1.54) is 167 Å². The average molecular weight is 477 g/mol. The molecule has 2 heteroatoms. The summed E-state index contributed by atoms with van der Waals surface area (Å²) >= 11 is 0. The quantitative estimate of drug-likeness (QED) is 0.114. The predicted octanol–water partition coefficient (Wildman–Crippen LogP) is 10.8. The van der Waals surface area contributed by atoms with Gasteiger partial charge in [-0.3, -0.25) is 0 Å². The normalized spacial score (nSPS) is 15.7. The van der Waals surface area contributed by atoms with Gasteiger partial charge in [-0.2, -0.15) is 0 Å². The van der Waals surface area contributed by atoms with Gasteiger partial charge in [0.25, 0.3) is 0 Å². The summed E-state index contributed by atoms with van der Waals surface area (Å²) in [5, 5.41) is 0. The third-order valence-electron chi connectivity index (χ3n) is 7.82. The second kappa shape index (κ2) is 24.1.